The molecule has 1 amide bonds. The van der Waals surface area contributed by atoms with Crippen LogP contribution in [0.5, 0.6) is 0 Å². The van der Waals surface area contributed by atoms with Crippen LogP contribution in [0.25, 0.3) is 23.0 Å². The number of carbonyl (C=O) groups is 2. The van der Waals surface area contributed by atoms with Gasteiger partial charge in [-0.2, -0.15) is 0 Å². The predicted octanol–water partition coefficient (Wildman–Crippen LogP) is 5.89. The molecule has 0 aliphatic carbocycles. The van der Waals surface area contributed by atoms with E-state index in [0.29, 0.717) is 35.1 Å². The lowest BCUT2D eigenvalue weighted by molar-refractivity contribution is -0.110. The van der Waals surface area contributed by atoms with Crippen LogP contribution in [0.4, 0.5) is 5.69 Å². The van der Waals surface area contributed by atoms with Crippen LogP contribution in [0, 0.1) is 0 Å². The summed E-state index contributed by atoms with van der Waals surface area (Å²) in [6.07, 6.45) is 6.82. The number of Topliss-reactive ketones (excluding diaryl/α,β-unsaturated/α-hetero) is 1. The highest BCUT2D eigenvalue weighted by Crippen LogP contribution is 2.34. The van der Waals surface area contributed by atoms with Crippen LogP contribution in [0.15, 0.2) is 65.1 Å². The molecule has 2 aliphatic rings. The Kier molecular flexibility index (Phi) is 5.97. The zero-order chi connectivity index (χ0) is 22.8. The van der Waals surface area contributed by atoms with Gasteiger partial charge in [-0.05, 0) is 57.1 Å². The van der Waals surface area contributed by atoms with E-state index in [4.69, 9.17) is 4.42 Å². The summed E-state index contributed by atoms with van der Waals surface area (Å²) >= 11 is 0. The van der Waals surface area contributed by atoms with Crippen LogP contribution in [0.1, 0.15) is 53.8 Å². The molecule has 2 aromatic carbocycles. The van der Waals surface area contributed by atoms with Gasteiger partial charge in [0.2, 0.25) is 0 Å². The Labute approximate surface area is 194 Å². The first-order chi connectivity index (χ1) is 16.1. The number of nitrogens with one attached hydrogen (secondary N) is 1. The molecule has 3 aromatic rings. The van der Waals surface area contributed by atoms with Gasteiger partial charge < -0.3 is 14.6 Å². The van der Waals surface area contributed by atoms with Crippen LogP contribution < -0.4 is 5.32 Å². The lowest BCUT2D eigenvalue weighted by Gasteiger charge is -2.32. The third kappa shape index (κ3) is 4.41. The van der Waals surface area contributed by atoms with Crippen LogP contribution in [-0.2, 0) is 4.79 Å². The minimum Gasteiger partial charge on any atom is -0.457 e. The summed E-state index contributed by atoms with van der Waals surface area (Å²) < 4.78 is 6.08. The van der Waals surface area contributed by atoms with Gasteiger partial charge >= 0.3 is 0 Å². The zero-order valence-corrected chi connectivity index (χ0v) is 18.8. The summed E-state index contributed by atoms with van der Waals surface area (Å²) in [7, 11) is 2.16. The molecule has 1 N–H and O–H groups in total. The average Bonchev–Trinajstić information content (AvgIpc) is 3.43. The van der Waals surface area contributed by atoms with Crippen molar-refractivity contribution in [2.24, 2.45) is 0 Å². The number of rotatable bonds is 6. The predicted molar refractivity (Wildman–Crippen MR) is 131 cm³/mol. The summed E-state index contributed by atoms with van der Waals surface area (Å²) in [6, 6.07) is 19.4. The van der Waals surface area contributed by atoms with Gasteiger partial charge in [0.1, 0.15) is 11.5 Å². The smallest absolute Gasteiger partial charge is 0.256 e. The maximum atomic E-state index is 13.1. The maximum absolute atomic E-state index is 13.1. The SMILES string of the molecule is CN1CCCCC1CCC(=O)c1ccccc1-c1ccc(/C=C2/C(=O)Nc3ccccc32)o1. The lowest BCUT2D eigenvalue weighted by atomic mass is 9.94. The molecule has 0 spiro atoms. The molecule has 0 bridgehead atoms. The molecule has 1 unspecified atom stereocenters. The number of hydrogen-bond donors (Lipinski definition) is 1. The lowest BCUT2D eigenvalue weighted by Crippen LogP contribution is -2.36. The topological polar surface area (TPSA) is 62.6 Å². The number of para-hydroxylation sites is 1. The largest absolute Gasteiger partial charge is 0.457 e. The van der Waals surface area contributed by atoms with Crippen LogP contribution in [0.3, 0.4) is 0 Å². The number of hydrogen-bond acceptors (Lipinski definition) is 4. The zero-order valence-electron chi connectivity index (χ0n) is 18.8. The van der Waals surface area contributed by atoms with Gasteiger partial charge in [-0.25, -0.2) is 0 Å². The first-order valence-corrected chi connectivity index (χ1v) is 11.7. The molecule has 3 heterocycles. The van der Waals surface area contributed by atoms with E-state index in [9.17, 15) is 9.59 Å². The Bertz CT molecular complexity index is 1220. The first-order valence-electron chi connectivity index (χ1n) is 11.7. The molecule has 1 saturated heterocycles. The van der Waals surface area contributed by atoms with E-state index in [1.54, 1.807) is 6.08 Å². The van der Waals surface area contributed by atoms with Crippen molar-refractivity contribution < 1.29 is 14.0 Å². The minimum absolute atomic E-state index is 0.141. The Balaban J connectivity index is 1.36. The van der Waals surface area contributed by atoms with Crippen LogP contribution in [-0.4, -0.2) is 36.2 Å². The highest BCUT2D eigenvalue weighted by molar-refractivity contribution is 6.34. The van der Waals surface area contributed by atoms with Crippen molar-refractivity contribution in [3.63, 3.8) is 0 Å². The standard InChI is InChI=1S/C28H28N2O3/c1-30-17-7-6-8-19(30)13-15-26(31)22-10-2-3-11-23(22)27-16-14-20(33-27)18-24-21-9-4-5-12-25(21)29-28(24)32/h2-5,9-12,14,16,18-19H,6-8,13,15,17H2,1H3,(H,29,32)/b24-18+. The van der Waals surface area contributed by atoms with E-state index in [1.165, 1.54) is 19.3 Å². The highest BCUT2D eigenvalue weighted by Gasteiger charge is 2.24. The van der Waals surface area contributed by atoms with Crippen molar-refractivity contribution in [1.29, 1.82) is 0 Å². The van der Waals surface area contributed by atoms with Gasteiger partial charge in [-0.15, -0.1) is 0 Å². The Morgan fingerprint density at radius 1 is 1.06 bits per heavy atom. The molecule has 0 saturated carbocycles. The fraction of sp³-hybridized carbons (Fsp3) is 0.286. The molecule has 1 fully saturated rings. The number of likely N-dealkylation sites (tertiary alicyclic amines) is 1. The van der Waals surface area contributed by atoms with E-state index < -0.39 is 0 Å². The second-order valence-electron chi connectivity index (χ2n) is 8.90. The number of fused-ring (bicyclic) bond motifs is 1. The number of benzene rings is 2. The van der Waals surface area contributed by atoms with Crippen molar-refractivity contribution in [2.45, 2.75) is 38.1 Å². The number of anilines is 1. The van der Waals surface area contributed by atoms with E-state index in [0.717, 1.165) is 29.8 Å². The van der Waals surface area contributed by atoms with Crippen molar-refractivity contribution in [2.75, 3.05) is 18.9 Å². The molecular formula is C28H28N2O3. The fourth-order valence-electron chi connectivity index (χ4n) is 4.88. The summed E-state index contributed by atoms with van der Waals surface area (Å²) in [5.41, 5.74) is 3.73. The molecule has 1 atom stereocenters. The maximum Gasteiger partial charge on any atom is 0.256 e. The summed E-state index contributed by atoms with van der Waals surface area (Å²) in [6.45, 7) is 1.11. The quantitative estimate of drug-likeness (QED) is 0.384. The van der Waals surface area contributed by atoms with Crippen molar-refractivity contribution in [3.05, 3.63) is 77.6 Å². The molecular weight excluding hydrogens is 412 g/mol. The molecule has 5 nitrogen and oxygen atoms in total. The van der Waals surface area contributed by atoms with E-state index >= 15 is 0 Å². The number of ketones is 1. The van der Waals surface area contributed by atoms with Crippen molar-refractivity contribution in [1.82, 2.24) is 4.90 Å². The fourth-order valence-corrected chi connectivity index (χ4v) is 4.88. The van der Waals surface area contributed by atoms with Crippen molar-refractivity contribution in [3.8, 4) is 11.3 Å². The van der Waals surface area contributed by atoms with Gasteiger partial charge in [0.25, 0.3) is 5.91 Å². The Morgan fingerprint density at radius 2 is 1.85 bits per heavy atom. The molecule has 168 valence electrons. The van der Waals surface area contributed by atoms with Gasteiger partial charge in [0, 0.05) is 34.8 Å². The second kappa shape index (κ2) is 9.20. The van der Waals surface area contributed by atoms with Gasteiger partial charge in [-0.3, -0.25) is 9.59 Å². The highest BCUT2D eigenvalue weighted by atomic mass is 16.3. The molecule has 0 radical (unpaired) electrons. The van der Waals surface area contributed by atoms with E-state index in [-0.39, 0.29) is 11.7 Å². The van der Waals surface area contributed by atoms with Gasteiger partial charge in [0.15, 0.2) is 5.78 Å². The number of carbonyl (C=O) groups excluding carboxylic acids is 2. The summed E-state index contributed by atoms with van der Waals surface area (Å²) in [5.74, 6) is 1.22. The average molecular weight is 441 g/mol. The third-order valence-electron chi connectivity index (χ3n) is 6.74. The van der Waals surface area contributed by atoms with Crippen molar-refractivity contribution >= 4 is 29.0 Å². The third-order valence-corrected chi connectivity index (χ3v) is 6.74. The Hall–Kier alpha value is -3.44. The van der Waals surface area contributed by atoms with Gasteiger partial charge in [-0.1, -0.05) is 48.9 Å². The number of piperidine rings is 1. The first kappa shape index (κ1) is 21.4. The summed E-state index contributed by atoms with van der Waals surface area (Å²) in [5, 5.41) is 2.88. The molecule has 2 aliphatic heterocycles. The minimum atomic E-state index is -0.141. The number of furan rings is 1. The van der Waals surface area contributed by atoms with E-state index in [1.807, 2.05) is 60.7 Å². The molecule has 33 heavy (non-hydrogen) atoms. The van der Waals surface area contributed by atoms with E-state index in [2.05, 4.69) is 17.3 Å². The van der Waals surface area contributed by atoms with Crippen LogP contribution >= 0.6 is 0 Å². The molecule has 1 aromatic heterocycles. The van der Waals surface area contributed by atoms with Crippen LogP contribution in [0.2, 0.25) is 0 Å². The monoisotopic (exact) mass is 440 g/mol. The number of amides is 1. The molecule has 5 rings (SSSR count). The number of nitrogens with zero attached hydrogens (tertiary/aromatic N) is 1. The normalized spacial score (nSPS) is 19.5. The second-order valence-corrected chi connectivity index (χ2v) is 8.90. The molecule has 5 heteroatoms. The summed E-state index contributed by atoms with van der Waals surface area (Å²) in [4.78, 5) is 27.9. The van der Waals surface area contributed by atoms with Gasteiger partial charge in [0.05, 0.1) is 5.57 Å². The Morgan fingerprint density at radius 3 is 2.70 bits per heavy atom.